The monoisotopic (exact) mass is 223 g/mol. The van der Waals surface area contributed by atoms with E-state index in [1.165, 1.54) is 0 Å². The smallest absolute Gasteiger partial charge is 0.242 e. The van der Waals surface area contributed by atoms with Crippen LogP contribution in [0.25, 0.3) is 11.2 Å². The molecule has 0 saturated heterocycles. The molecule has 1 atom stereocenters. The predicted molar refractivity (Wildman–Crippen MR) is 61.8 cm³/mol. The molecule has 2 aromatic rings. The normalized spacial score (nSPS) is 15.6. The summed E-state index contributed by atoms with van der Waals surface area (Å²) in [6.45, 7) is 1.94. The van der Waals surface area contributed by atoms with Gasteiger partial charge in [-0.05, 0) is 33.3 Å². The Morgan fingerprint density at radius 3 is 2.88 bits per heavy atom. The van der Waals surface area contributed by atoms with Crippen molar-refractivity contribution in [3.05, 3.63) is 18.3 Å². The van der Waals surface area contributed by atoms with E-state index in [2.05, 4.69) is 15.4 Å². The van der Waals surface area contributed by atoms with Crippen LogP contribution in [0.5, 0.6) is 0 Å². The van der Waals surface area contributed by atoms with E-state index in [1.807, 2.05) is 45.1 Å². The van der Waals surface area contributed by atoms with E-state index >= 15 is 0 Å². The first-order valence-electron chi connectivity index (χ1n) is 5.14. The third-order valence-corrected chi connectivity index (χ3v) is 2.79. The van der Waals surface area contributed by atoms with Gasteiger partial charge in [-0.25, -0.2) is 4.98 Å². The largest absolute Gasteiger partial charge is 0.358 e. The number of aromatic amines is 1. The third-order valence-electron chi connectivity index (χ3n) is 2.79. The zero-order valence-electron chi connectivity index (χ0n) is 9.98. The highest BCUT2D eigenvalue weighted by Crippen LogP contribution is 2.12. The Kier molecular flexibility index (Phi) is 2.61. The lowest BCUT2D eigenvalue weighted by molar-refractivity contribution is -0.156. The summed E-state index contributed by atoms with van der Waals surface area (Å²) in [6, 6.07) is 3.83. The Labute approximate surface area is 94.1 Å². The Balaban J connectivity index is 2.23. The SMILES string of the molecule is CNC(C)(On1[nH]c2cccnc21)N(C)C. The molecule has 2 heterocycles. The maximum atomic E-state index is 5.79. The van der Waals surface area contributed by atoms with Gasteiger partial charge in [-0.1, -0.05) is 4.85 Å². The summed E-state index contributed by atoms with van der Waals surface area (Å²) in [5.41, 5.74) is 1.77. The maximum absolute atomic E-state index is 5.79. The van der Waals surface area contributed by atoms with Crippen molar-refractivity contribution in [2.24, 2.45) is 0 Å². The fourth-order valence-corrected chi connectivity index (χ4v) is 1.35. The van der Waals surface area contributed by atoms with E-state index in [9.17, 15) is 0 Å². The van der Waals surface area contributed by atoms with Crippen molar-refractivity contribution in [3.8, 4) is 0 Å². The average Bonchev–Trinajstić information content (AvgIpc) is 2.25. The summed E-state index contributed by atoms with van der Waals surface area (Å²) < 4.78 is 0. The lowest BCUT2D eigenvalue weighted by Crippen LogP contribution is -2.59. The van der Waals surface area contributed by atoms with Crippen molar-refractivity contribution >= 4 is 11.2 Å². The second-order valence-electron chi connectivity index (χ2n) is 4.00. The molecule has 0 aliphatic carbocycles. The van der Waals surface area contributed by atoms with Crippen LogP contribution in [-0.4, -0.2) is 46.8 Å². The molecule has 0 aliphatic rings. The van der Waals surface area contributed by atoms with Crippen LogP contribution in [-0.2, 0) is 0 Å². The molecular weight excluding hydrogens is 206 g/mol. The van der Waals surface area contributed by atoms with Gasteiger partial charge in [0.1, 0.15) is 5.52 Å². The minimum Gasteiger partial charge on any atom is -0.358 e. The number of rotatable bonds is 4. The first-order chi connectivity index (χ1) is 7.57. The summed E-state index contributed by atoms with van der Waals surface area (Å²) in [6.07, 6.45) is 1.74. The molecule has 0 bridgehead atoms. The molecule has 0 spiro atoms. The van der Waals surface area contributed by atoms with Gasteiger partial charge in [0.2, 0.25) is 11.5 Å². The first-order valence-corrected chi connectivity index (χ1v) is 5.14. The topological polar surface area (TPSA) is 58.1 Å². The Morgan fingerprint density at radius 1 is 1.56 bits per heavy atom. The average molecular weight is 223 g/mol. The van der Waals surface area contributed by atoms with Crippen molar-refractivity contribution in [2.75, 3.05) is 21.1 Å². The van der Waals surface area contributed by atoms with Crippen molar-refractivity contribution < 1.29 is 4.84 Å². The molecule has 0 saturated carbocycles. The number of fused-ring (bicyclic) bond motifs is 1. The summed E-state index contributed by atoms with van der Waals surface area (Å²) >= 11 is 0. The highest BCUT2D eigenvalue weighted by Gasteiger charge is 2.29. The zero-order chi connectivity index (χ0) is 11.8. The van der Waals surface area contributed by atoms with E-state index in [-0.39, 0.29) is 0 Å². The number of nitrogens with zero attached hydrogens (tertiary/aromatic N) is 3. The van der Waals surface area contributed by atoms with Gasteiger partial charge < -0.3 is 4.84 Å². The molecular formula is C10H17N5O. The van der Waals surface area contributed by atoms with Gasteiger partial charge in [-0.3, -0.25) is 15.3 Å². The van der Waals surface area contributed by atoms with Crippen LogP contribution in [0.3, 0.4) is 0 Å². The molecule has 2 rings (SSSR count). The van der Waals surface area contributed by atoms with E-state index in [0.29, 0.717) is 0 Å². The number of pyridine rings is 1. The standard InChI is InChI=1S/C10H17N5O/c1-10(11-2,14(3)4)16-15-9-8(13-15)6-5-7-12-9/h5-7,11,13H,1-4H3. The lowest BCUT2D eigenvalue weighted by atomic mass is 10.4. The van der Waals surface area contributed by atoms with Crippen LogP contribution in [0.2, 0.25) is 0 Å². The van der Waals surface area contributed by atoms with Gasteiger partial charge in [-0.2, -0.15) is 0 Å². The van der Waals surface area contributed by atoms with Crippen LogP contribution in [0.4, 0.5) is 0 Å². The number of hydrogen-bond acceptors (Lipinski definition) is 4. The van der Waals surface area contributed by atoms with Gasteiger partial charge in [0.25, 0.3) is 0 Å². The van der Waals surface area contributed by atoms with E-state index < -0.39 is 5.85 Å². The van der Waals surface area contributed by atoms with E-state index in [0.717, 1.165) is 11.2 Å². The summed E-state index contributed by atoms with van der Waals surface area (Å²) in [5.74, 6) is -0.581. The molecule has 2 aromatic heterocycles. The molecule has 0 fully saturated rings. The number of hydrogen-bond donors (Lipinski definition) is 2. The second-order valence-corrected chi connectivity index (χ2v) is 4.00. The number of H-pyrrole nitrogens is 1. The van der Waals surface area contributed by atoms with Crippen LogP contribution in [0.1, 0.15) is 6.92 Å². The zero-order valence-corrected chi connectivity index (χ0v) is 9.98. The minimum atomic E-state index is -0.581. The molecule has 0 aromatic carbocycles. The van der Waals surface area contributed by atoms with Gasteiger partial charge in [-0.15, -0.1) is 0 Å². The van der Waals surface area contributed by atoms with Crippen molar-refractivity contribution in [3.63, 3.8) is 0 Å². The molecule has 0 radical (unpaired) electrons. The van der Waals surface area contributed by atoms with Gasteiger partial charge in [0, 0.05) is 13.1 Å². The lowest BCUT2D eigenvalue weighted by Gasteiger charge is -2.36. The van der Waals surface area contributed by atoms with Gasteiger partial charge in [0.05, 0.1) is 0 Å². The minimum absolute atomic E-state index is 0.581. The van der Waals surface area contributed by atoms with Crippen LogP contribution in [0.15, 0.2) is 18.3 Å². The Hall–Kier alpha value is -1.53. The van der Waals surface area contributed by atoms with Crippen LogP contribution >= 0.6 is 0 Å². The second kappa shape index (κ2) is 3.80. The summed E-state index contributed by atoms with van der Waals surface area (Å²) in [4.78, 5) is 13.5. The van der Waals surface area contributed by atoms with E-state index in [4.69, 9.17) is 4.84 Å². The van der Waals surface area contributed by atoms with E-state index in [1.54, 1.807) is 11.0 Å². The third kappa shape index (κ3) is 1.66. The van der Waals surface area contributed by atoms with Gasteiger partial charge in [0.15, 0.2) is 0 Å². The molecule has 1 unspecified atom stereocenters. The first kappa shape index (κ1) is 11.0. The molecule has 88 valence electrons. The fraction of sp³-hybridized carbons (Fsp3) is 0.500. The highest BCUT2D eigenvalue weighted by molar-refractivity contribution is 5.71. The van der Waals surface area contributed by atoms with Crippen molar-refractivity contribution in [1.82, 2.24) is 25.1 Å². The maximum Gasteiger partial charge on any atom is 0.242 e. The summed E-state index contributed by atoms with van der Waals surface area (Å²) in [7, 11) is 5.73. The quantitative estimate of drug-likeness (QED) is 0.729. The molecule has 6 nitrogen and oxygen atoms in total. The molecule has 2 N–H and O–H groups in total. The Morgan fingerprint density at radius 2 is 2.31 bits per heavy atom. The molecule has 0 amide bonds. The Bertz CT molecular complexity index is 474. The molecule has 0 aliphatic heterocycles. The van der Waals surface area contributed by atoms with Crippen LogP contribution in [0, 0.1) is 0 Å². The van der Waals surface area contributed by atoms with Crippen molar-refractivity contribution in [1.29, 1.82) is 0 Å². The number of aromatic nitrogens is 3. The molecule has 6 heteroatoms. The van der Waals surface area contributed by atoms with Gasteiger partial charge >= 0.3 is 0 Å². The predicted octanol–water partition coefficient (Wildman–Crippen LogP) is 0.248. The number of nitrogens with one attached hydrogen (secondary N) is 2. The molecule has 16 heavy (non-hydrogen) atoms. The van der Waals surface area contributed by atoms with Crippen molar-refractivity contribution in [2.45, 2.75) is 12.8 Å². The highest BCUT2D eigenvalue weighted by atomic mass is 16.7. The fourth-order valence-electron chi connectivity index (χ4n) is 1.35. The van der Waals surface area contributed by atoms with Crippen LogP contribution < -0.4 is 10.2 Å². The summed E-state index contributed by atoms with van der Waals surface area (Å²) in [5, 5.41) is 6.15.